The summed E-state index contributed by atoms with van der Waals surface area (Å²) < 4.78 is 17.7. The molecule has 0 atom stereocenters. The van der Waals surface area contributed by atoms with Crippen LogP contribution in [0.4, 0.5) is 21.8 Å². The van der Waals surface area contributed by atoms with Gasteiger partial charge in [0.15, 0.2) is 0 Å². The first-order valence-electron chi connectivity index (χ1n) is 8.41. The van der Waals surface area contributed by atoms with E-state index in [0.717, 1.165) is 5.56 Å². The molecule has 2 aromatic carbocycles. The number of para-hydroxylation sites is 1. The summed E-state index contributed by atoms with van der Waals surface area (Å²) in [6, 6.07) is 15.1. The molecule has 0 radical (unpaired) electrons. The fourth-order valence-corrected chi connectivity index (χ4v) is 2.50. The largest absolute Gasteiger partial charge is 0.465 e. The fraction of sp³-hybridized carbons (Fsp3) is 0.150. The Balaban J connectivity index is 1.64. The molecule has 0 aliphatic heterocycles. The lowest BCUT2D eigenvalue weighted by Gasteiger charge is -2.11. The molecule has 0 fully saturated rings. The van der Waals surface area contributed by atoms with Gasteiger partial charge in [0.2, 0.25) is 5.95 Å². The van der Waals surface area contributed by atoms with Crippen molar-refractivity contribution in [2.75, 3.05) is 24.3 Å². The average Bonchev–Trinajstić information content (AvgIpc) is 2.70. The van der Waals surface area contributed by atoms with Crippen molar-refractivity contribution in [2.24, 2.45) is 0 Å². The van der Waals surface area contributed by atoms with Crippen LogP contribution >= 0.6 is 0 Å². The lowest BCUT2D eigenvalue weighted by Crippen LogP contribution is -2.09. The topological polar surface area (TPSA) is 76.1 Å². The second kappa shape index (κ2) is 8.75. The van der Waals surface area contributed by atoms with E-state index in [2.05, 4.69) is 20.6 Å². The van der Waals surface area contributed by atoms with Crippen LogP contribution < -0.4 is 10.6 Å². The minimum Gasteiger partial charge on any atom is -0.465 e. The highest BCUT2D eigenvalue weighted by molar-refractivity contribution is 5.96. The number of benzene rings is 2. The van der Waals surface area contributed by atoms with Crippen LogP contribution in [-0.2, 0) is 11.2 Å². The maximum atomic E-state index is 12.9. The van der Waals surface area contributed by atoms with Gasteiger partial charge in [-0.15, -0.1) is 0 Å². The number of hydrogen-bond donors (Lipinski definition) is 2. The second-order valence-corrected chi connectivity index (χ2v) is 5.73. The molecule has 0 aliphatic rings. The van der Waals surface area contributed by atoms with Gasteiger partial charge in [-0.25, -0.2) is 14.2 Å². The van der Waals surface area contributed by atoms with Crippen molar-refractivity contribution >= 4 is 23.4 Å². The van der Waals surface area contributed by atoms with E-state index in [1.54, 1.807) is 42.6 Å². The molecule has 3 aromatic rings. The van der Waals surface area contributed by atoms with Gasteiger partial charge in [0, 0.05) is 12.7 Å². The monoisotopic (exact) mass is 366 g/mol. The quantitative estimate of drug-likeness (QED) is 0.620. The Hall–Kier alpha value is -3.48. The Morgan fingerprint density at radius 2 is 1.89 bits per heavy atom. The Morgan fingerprint density at radius 1 is 1.11 bits per heavy atom. The van der Waals surface area contributed by atoms with Gasteiger partial charge in [0.1, 0.15) is 11.6 Å². The van der Waals surface area contributed by atoms with E-state index < -0.39 is 5.97 Å². The molecule has 0 saturated carbocycles. The summed E-state index contributed by atoms with van der Waals surface area (Å²) in [5, 5.41) is 6.24. The number of nitrogens with one attached hydrogen (secondary N) is 2. The molecular formula is C20H19FN4O2. The molecule has 0 bridgehead atoms. The van der Waals surface area contributed by atoms with E-state index in [-0.39, 0.29) is 5.82 Å². The van der Waals surface area contributed by atoms with Crippen molar-refractivity contribution in [3.05, 3.63) is 77.7 Å². The lowest BCUT2D eigenvalue weighted by atomic mass is 10.1. The summed E-state index contributed by atoms with van der Waals surface area (Å²) >= 11 is 0. The van der Waals surface area contributed by atoms with E-state index in [1.807, 2.05) is 6.07 Å². The third-order valence-corrected chi connectivity index (χ3v) is 3.86. The lowest BCUT2D eigenvalue weighted by molar-refractivity contribution is 0.0602. The molecule has 0 unspecified atom stereocenters. The van der Waals surface area contributed by atoms with Crippen molar-refractivity contribution in [3.8, 4) is 0 Å². The molecule has 138 valence electrons. The number of carbonyl (C=O) groups is 1. The van der Waals surface area contributed by atoms with Crippen molar-refractivity contribution in [2.45, 2.75) is 6.42 Å². The van der Waals surface area contributed by atoms with Gasteiger partial charge in [-0.05, 0) is 42.3 Å². The Labute approximate surface area is 156 Å². The zero-order valence-electron chi connectivity index (χ0n) is 14.8. The molecule has 0 amide bonds. The van der Waals surface area contributed by atoms with Crippen LogP contribution in [0.25, 0.3) is 0 Å². The van der Waals surface area contributed by atoms with Crippen LogP contribution in [0.15, 0.2) is 60.8 Å². The van der Waals surface area contributed by atoms with Crippen LogP contribution in [0.2, 0.25) is 0 Å². The van der Waals surface area contributed by atoms with Crippen LogP contribution in [0, 0.1) is 5.82 Å². The van der Waals surface area contributed by atoms with Crippen molar-refractivity contribution in [3.63, 3.8) is 0 Å². The number of nitrogens with zero attached hydrogens (tertiary/aromatic N) is 2. The van der Waals surface area contributed by atoms with Crippen LogP contribution in [0.1, 0.15) is 15.9 Å². The molecule has 27 heavy (non-hydrogen) atoms. The number of aromatic nitrogens is 2. The summed E-state index contributed by atoms with van der Waals surface area (Å²) in [4.78, 5) is 20.4. The highest BCUT2D eigenvalue weighted by atomic mass is 19.1. The second-order valence-electron chi connectivity index (χ2n) is 5.73. The molecule has 0 spiro atoms. The number of ether oxygens (including phenoxy) is 1. The maximum Gasteiger partial charge on any atom is 0.339 e. The molecule has 2 N–H and O–H groups in total. The summed E-state index contributed by atoms with van der Waals surface area (Å²) in [6.07, 6.45) is 2.34. The number of rotatable bonds is 7. The number of methoxy groups -OCH3 is 1. The van der Waals surface area contributed by atoms with Gasteiger partial charge in [0.05, 0.1) is 18.4 Å². The Kier molecular flexibility index (Phi) is 5.94. The maximum absolute atomic E-state index is 12.9. The first-order chi connectivity index (χ1) is 13.2. The number of halogens is 1. The summed E-state index contributed by atoms with van der Waals surface area (Å²) in [5.74, 6) is 0.328. The van der Waals surface area contributed by atoms with Gasteiger partial charge < -0.3 is 15.4 Å². The molecular weight excluding hydrogens is 347 g/mol. The van der Waals surface area contributed by atoms with Crippen molar-refractivity contribution in [1.29, 1.82) is 0 Å². The van der Waals surface area contributed by atoms with Gasteiger partial charge in [-0.1, -0.05) is 24.3 Å². The Bertz CT molecular complexity index is 916. The van der Waals surface area contributed by atoms with E-state index in [0.29, 0.717) is 36.0 Å². The zero-order chi connectivity index (χ0) is 19.1. The predicted molar refractivity (Wildman–Crippen MR) is 102 cm³/mol. The number of carbonyl (C=O) groups excluding carboxylic acids is 1. The first kappa shape index (κ1) is 18.3. The first-order valence-corrected chi connectivity index (χ1v) is 8.41. The highest BCUT2D eigenvalue weighted by Crippen LogP contribution is 2.20. The molecule has 1 heterocycles. The minimum absolute atomic E-state index is 0.249. The summed E-state index contributed by atoms with van der Waals surface area (Å²) in [7, 11) is 1.34. The average molecular weight is 366 g/mol. The van der Waals surface area contributed by atoms with Crippen molar-refractivity contribution in [1.82, 2.24) is 9.97 Å². The van der Waals surface area contributed by atoms with Gasteiger partial charge in [-0.3, -0.25) is 0 Å². The SMILES string of the molecule is COC(=O)c1ccccc1Nc1ccnc(NCCc2ccc(F)cc2)n1. The van der Waals surface area contributed by atoms with Crippen LogP contribution in [0.3, 0.4) is 0 Å². The minimum atomic E-state index is -0.426. The molecule has 3 rings (SSSR count). The van der Waals surface area contributed by atoms with Crippen LogP contribution in [-0.4, -0.2) is 29.6 Å². The van der Waals surface area contributed by atoms with Gasteiger partial charge in [-0.2, -0.15) is 4.98 Å². The number of anilines is 3. The third-order valence-electron chi connectivity index (χ3n) is 3.86. The van der Waals surface area contributed by atoms with Gasteiger partial charge >= 0.3 is 5.97 Å². The molecule has 6 nitrogen and oxygen atoms in total. The third kappa shape index (κ3) is 5.01. The van der Waals surface area contributed by atoms with E-state index >= 15 is 0 Å². The molecule has 1 aromatic heterocycles. The summed E-state index contributed by atoms with van der Waals surface area (Å²) in [6.45, 7) is 0.605. The predicted octanol–water partition coefficient (Wildman–Crippen LogP) is 3.80. The zero-order valence-corrected chi connectivity index (χ0v) is 14.8. The van der Waals surface area contributed by atoms with E-state index in [1.165, 1.54) is 19.2 Å². The highest BCUT2D eigenvalue weighted by Gasteiger charge is 2.11. The fourth-order valence-electron chi connectivity index (χ4n) is 2.50. The Morgan fingerprint density at radius 3 is 2.67 bits per heavy atom. The smallest absolute Gasteiger partial charge is 0.339 e. The number of hydrogen-bond acceptors (Lipinski definition) is 6. The normalized spacial score (nSPS) is 10.3. The van der Waals surface area contributed by atoms with E-state index in [4.69, 9.17) is 4.74 Å². The molecule has 0 saturated heterocycles. The standard InChI is InChI=1S/C20H19FN4O2/c1-27-19(26)16-4-2-3-5-17(16)24-18-11-13-23-20(25-18)22-12-10-14-6-8-15(21)9-7-14/h2-9,11,13H,10,12H2,1H3,(H2,22,23,24,25). The van der Waals surface area contributed by atoms with Crippen LogP contribution in [0.5, 0.6) is 0 Å². The number of esters is 1. The van der Waals surface area contributed by atoms with E-state index in [9.17, 15) is 9.18 Å². The summed E-state index contributed by atoms with van der Waals surface area (Å²) in [5.41, 5.74) is 2.04. The molecule has 7 heteroatoms. The van der Waals surface area contributed by atoms with Crippen molar-refractivity contribution < 1.29 is 13.9 Å². The van der Waals surface area contributed by atoms with Gasteiger partial charge in [0.25, 0.3) is 0 Å². The molecule has 0 aliphatic carbocycles.